The molecule has 0 atom stereocenters. The van der Waals surface area contributed by atoms with Gasteiger partial charge in [0.15, 0.2) is 0 Å². The van der Waals surface area contributed by atoms with Crippen molar-refractivity contribution in [3.8, 4) is 5.75 Å². The molecule has 1 amide bonds. The molecule has 0 aliphatic heterocycles. The first-order valence-corrected chi connectivity index (χ1v) is 6.08. The number of phenolic OH excluding ortho intramolecular Hbond substituents is 1. The van der Waals surface area contributed by atoms with Crippen LogP contribution < -0.4 is 5.32 Å². The highest BCUT2D eigenvalue weighted by molar-refractivity contribution is 5.97. The minimum absolute atomic E-state index is 0.218. The third kappa shape index (κ3) is 3.32. The van der Waals surface area contributed by atoms with Crippen LogP contribution in [0.25, 0.3) is 0 Å². The average molecular weight is 277 g/mol. The number of halogens is 2. The van der Waals surface area contributed by atoms with Crippen molar-refractivity contribution >= 4 is 5.91 Å². The normalized spacial score (nSPS) is 10.3. The number of aromatic hydroxyl groups is 1. The molecular weight excluding hydrogens is 264 g/mol. The summed E-state index contributed by atoms with van der Waals surface area (Å²) in [5.74, 6) is -2.24. The zero-order valence-electron chi connectivity index (χ0n) is 10.6. The summed E-state index contributed by atoms with van der Waals surface area (Å²) in [4.78, 5) is 11.8. The lowest BCUT2D eigenvalue weighted by Gasteiger charge is -2.07. The molecular formula is C15H13F2NO2. The Morgan fingerprint density at radius 2 is 1.90 bits per heavy atom. The summed E-state index contributed by atoms with van der Waals surface area (Å²) >= 11 is 0. The van der Waals surface area contributed by atoms with E-state index in [4.69, 9.17) is 0 Å². The molecule has 0 saturated carbocycles. The summed E-state index contributed by atoms with van der Waals surface area (Å²) in [5, 5.41) is 12.0. The van der Waals surface area contributed by atoms with Crippen molar-refractivity contribution in [1.29, 1.82) is 0 Å². The second-order valence-electron chi connectivity index (χ2n) is 4.27. The van der Waals surface area contributed by atoms with Crippen LogP contribution >= 0.6 is 0 Å². The van der Waals surface area contributed by atoms with E-state index in [9.17, 15) is 18.7 Å². The van der Waals surface area contributed by atoms with Crippen molar-refractivity contribution in [2.24, 2.45) is 0 Å². The fourth-order valence-electron chi connectivity index (χ4n) is 1.84. The van der Waals surface area contributed by atoms with Crippen molar-refractivity contribution in [2.75, 3.05) is 6.54 Å². The highest BCUT2D eigenvalue weighted by Crippen LogP contribution is 2.19. The molecule has 2 N–H and O–H groups in total. The molecule has 2 rings (SSSR count). The molecule has 0 unspecified atom stereocenters. The van der Waals surface area contributed by atoms with Gasteiger partial charge in [0.25, 0.3) is 5.91 Å². The van der Waals surface area contributed by atoms with E-state index in [1.165, 1.54) is 24.3 Å². The van der Waals surface area contributed by atoms with Crippen LogP contribution in [0.2, 0.25) is 0 Å². The van der Waals surface area contributed by atoms with E-state index in [0.29, 0.717) is 6.42 Å². The van der Waals surface area contributed by atoms with Crippen molar-refractivity contribution in [2.45, 2.75) is 6.42 Å². The smallest absolute Gasteiger partial charge is 0.258 e. The molecule has 5 heteroatoms. The maximum atomic E-state index is 13.4. The molecule has 20 heavy (non-hydrogen) atoms. The van der Waals surface area contributed by atoms with Gasteiger partial charge in [-0.2, -0.15) is 0 Å². The number of rotatable bonds is 4. The maximum Gasteiger partial charge on any atom is 0.258 e. The number of benzene rings is 2. The lowest BCUT2D eigenvalue weighted by molar-refractivity contribution is 0.0947. The Balaban J connectivity index is 1.96. The highest BCUT2D eigenvalue weighted by atomic mass is 19.1. The van der Waals surface area contributed by atoms with Crippen LogP contribution in [0.1, 0.15) is 15.9 Å². The van der Waals surface area contributed by atoms with Gasteiger partial charge >= 0.3 is 0 Å². The van der Waals surface area contributed by atoms with Crippen molar-refractivity contribution < 1.29 is 18.7 Å². The van der Waals surface area contributed by atoms with E-state index in [1.54, 1.807) is 12.1 Å². The van der Waals surface area contributed by atoms with E-state index in [-0.39, 0.29) is 17.9 Å². The molecule has 2 aromatic rings. The van der Waals surface area contributed by atoms with E-state index >= 15 is 0 Å². The van der Waals surface area contributed by atoms with Crippen molar-refractivity contribution in [3.05, 3.63) is 65.2 Å². The SMILES string of the molecule is O=C(NCCc1cccc(F)c1)c1c(O)cccc1F. The lowest BCUT2D eigenvalue weighted by atomic mass is 10.1. The lowest BCUT2D eigenvalue weighted by Crippen LogP contribution is -2.26. The van der Waals surface area contributed by atoms with Crippen LogP contribution in [0.3, 0.4) is 0 Å². The molecule has 0 radical (unpaired) electrons. The fourth-order valence-corrected chi connectivity index (χ4v) is 1.84. The summed E-state index contributed by atoms with van der Waals surface area (Å²) < 4.78 is 26.4. The minimum Gasteiger partial charge on any atom is -0.507 e. The quantitative estimate of drug-likeness (QED) is 0.902. The van der Waals surface area contributed by atoms with Crippen LogP contribution in [0, 0.1) is 11.6 Å². The maximum absolute atomic E-state index is 13.4. The average Bonchev–Trinajstić information content (AvgIpc) is 2.38. The summed E-state index contributed by atoms with van der Waals surface area (Å²) in [6, 6.07) is 9.66. The van der Waals surface area contributed by atoms with Gasteiger partial charge in [0.1, 0.15) is 22.9 Å². The van der Waals surface area contributed by atoms with Gasteiger partial charge in [-0.05, 0) is 36.2 Å². The molecule has 0 spiro atoms. The largest absolute Gasteiger partial charge is 0.507 e. The molecule has 0 saturated heterocycles. The van der Waals surface area contributed by atoms with Crippen LogP contribution in [0.4, 0.5) is 8.78 Å². The van der Waals surface area contributed by atoms with Crippen LogP contribution in [0.5, 0.6) is 5.75 Å². The van der Waals surface area contributed by atoms with Crippen LogP contribution in [-0.4, -0.2) is 17.6 Å². The Hall–Kier alpha value is -2.43. The van der Waals surface area contributed by atoms with Gasteiger partial charge in [0.05, 0.1) is 0 Å². The molecule has 0 fully saturated rings. The number of amides is 1. The number of hydrogen-bond acceptors (Lipinski definition) is 2. The Morgan fingerprint density at radius 3 is 2.60 bits per heavy atom. The zero-order valence-corrected chi connectivity index (χ0v) is 10.6. The Kier molecular flexibility index (Phi) is 4.30. The van der Waals surface area contributed by atoms with Crippen LogP contribution in [0.15, 0.2) is 42.5 Å². The first kappa shape index (κ1) is 14.0. The van der Waals surface area contributed by atoms with Gasteiger partial charge in [-0.1, -0.05) is 18.2 Å². The van der Waals surface area contributed by atoms with E-state index < -0.39 is 17.5 Å². The Labute approximate surface area is 114 Å². The standard InChI is InChI=1S/C15H13F2NO2/c16-11-4-1-3-10(9-11)7-8-18-15(20)14-12(17)5-2-6-13(14)19/h1-6,9,19H,7-8H2,(H,18,20). The summed E-state index contributed by atoms with van der Waals surface area (Å²) in [6.07, 6.45) is 0.415. The second kappa shape index (κ2) is 6.14. The van der Waals surface area contributed by atoms with Gasteiger partial charge in [0.2, 0.25) is 0 Å². The molecule has 0 aromatic heterocycles. The van der Waals surface area contributed by atoms with Gasteiger partial charge in [-0.15, -0.1) is 0 Å². The first-order valence-electron chi connectivity index (χ1n) is 6.08. The third-order valence-corrected chi connectivity index (χ3v) is 2.81. The second-order valence-corrected chi connectivity index (χ2v) is 4.27. The first-order chi connectivity index (χ1) is 9.58. The van der Waals surface area contributed by atoms with Gasteiger partial charge < -0.3 is 10.4 Å². The molecule has 0 aliphatic carbocycles. The molecule has 3 nitrogen and oxygen atoms in total. The van der Waals surface area contributed by atoms with Gasteiger partial charge in [0, 0.05) is 6.54 Å². The summed E-state index contributed by atoms with van der Waals surface area (Å²) in [6.45, 7) is 0.218. The van der Waals surface area contributed by atoms with Crippen molar-refractivity contribution in [1.82, 2.24) is 5.32 Å². The number of carbonyl (C=O) groups is 1. The molecule has 0 aliphatic rings. The predicted octanol–water partition coefficient (Wildman–Crippen LogP) is 2.64. The number of phenols is 1. The Morgan fingerprint density at radius 1 is 1.15 bits per heavy atom. The molecule has 0 bridgehead atoms. The minimum atomic E-state index is -0.784. The predicted molar refractivity (Wildman–Crippen MR) is 70.5 cm³/mol. The zero-order chi connectivity index (χ0) is 14.5. The molecule has 104 valence electrons. The summed E-state index contributed by atoms with van der Waals surface area (Å²) in [7, 11) is 0. The topological polar surface area (TPSA) is 49.3 Å². The highest BCUT2D eigenvalue weighted by Gasteiger charge is 2.15. The Bertz CT molecular complexity index is 609. The van der Waals surface area contributed by atoms with E-state index in [1.807, 2.05) is 0 Å². The van der Waals surface area contributed by atoms with Crippen LogP contribution in [-0.2, 0) is 6.42 Å². The van der Waals surface area contributed by atoms with E-state index in [2.05, 4.69) is 5.32 Å². The molecule has 2 aromatic carbocycles. The summed E-state index contributed by atoms with van der Waals surface area (Å²) in [5.41, 5.74) is 0.342. The fraction of sp³-hybridized carbons (Fsp3) is 0.133. The number of hydrogen-bond donors (Lipinski definition) is 2. The monoisotopic (exact) mass is 277 g/mol. The van der Waals surface area contributed by atoms with Gasteiger partial charge in [-0.3, -0.25) is 4.79 Å². The number of nitrogens with one attached hydrogen (secondary N) is 1. The van der Waals surface area contributed by atoms with Crippen molar-refractivity contribution in [3.63, 3.8) is 0 Å². The van der Waals surface area contributed by atoms with Gasteiger partial charge in [-0.25, -0.2) is 8.78 Å². The third-order valence-electron chi connectivity index (χ3n) is 2.81. The number of carbonyl (C=O) groups excluding carboxylic acids is 1. The van der Waals surface area contributed by atoms with E-state index in [0.717, 1.165) is 11.6 Å². The molecule has 0 heterocycles.